The number of benzene rings is 6. The second kappa shape index (κ2) is 15.8. The van der Waals surface area contributed by atoms with E-state index in [1.54, 1.807) is 0 Å². The van der Waals surface area contributed by atoms with Gasteiger partial charge in [0.1, 0.15) is 6.17 Å². The third kappa shape index (κ3) is 6.76. The van der Waals surface area contributed by atoms with E-state index in [1.807, 2.05) is 13.8 Å². The van der Waals surface area contributed by atoms with Crippen LogP contribution in [0.1, 0.15) is 37.0 Å². The molecule has 2 aromatic heterocycles. The van der Waals surface area contributed by atoms with Crippen molar-refractivity contribution in [2.45, 2.75) is 45.6 Å². The lowest BCUT2D eigenvalue weighted by molar-refractivity contribution is 0.208. The van der Waals surface area contributed by atoms with Crippen molar-refractivity contribution in [3.63, 3.8) is 0 Å². The minimum absolute atomic E-state index is 0.134. The summed E-state index contributed by atoms with van der Waals surface area (Å²) in [4.78, 5) is 2.35. The van der Waals surface area contributed by atoms with Crippen LogP contribution in [0.15, 0.2) is 169 Å². The SMILES string of the molecule is CC.CN(Cc1ccccc1)C(NC(N)C1=Cc2ccccc2CC1)C1=CC=C(n2c3ccccc3c3cc4c5ccccc5n(-c5ccccc5)c4cc32)CN1. The van der Waals surface area contributed by atoms with Gasteiger partial charge in [0, 0.05) is 45.2 Å². The van der Waals surface area contributed by atoms with Crippen molar-refractivity contribution < 1.29 is 0 Å². The molecule has 0 amide bonds. The van der Waals surface area contributed by atoms with E-state index >= 15 is 0 Å². The Morgan fingerprint density at radius 3 is 1.96 bits per heavy atom. The van der Waals surface area contributed by atoms with Crippen molar-refractivity contribution in [1.82, 2.24) is 24.7 Å². The number of allylic oxidation sites excluding steroid dienone is 2. The molecule has 1 aliphatic heterocycles. The molecule has 6 nitrogen and oxygen atoms in total. The second-order valence-corrected chi connectivity index (χ2v) is 14.9. The van der Waals surface area contributed by atoms with Crippen LogP contribution in [0.3, 0.4) is 0 Å². The lowest BCUT2D eigenvalue weighted by Gasteiger charge is -2.36. The Morgan fingerprint density at radius 1 is 0.649 bits per heavy atom. The highest BCUT2D eigenvalue weighted by atomic mass is 15.3. The predicted octanol–water partition coefficient (Wildman–Crippen LogP) is 10.6. The molecule has 1 aliphatic carbocycles. The van der Waals surface area contributed by atoms with Crippen LogP contribution in [0.2, 0.25) is 0 Å². The summed E-state index contributed by atoms with van der Waals surface area (Å²) < 4.78 is 4.85. The van der Waals surface area contributed by atoms with Crippen LogP contribution < -0.4 is 16.4 Å². The molecule has 6 aromatic carbocycles. The minimum atomic E-state index is -0.291. The van der Waals surface area contributed by atoms with Gasteiger partial charge < -0.3 is 20.2 Å². The molecule has 0 spiro atoms. The molecule has 2 atom stereocenters. The van der Waals surface area contributed by atoms with Crippen LogP contribution in [0.5, 0.6) is 0 Å². The van der Waals surface area contributed by atoms with E-state index in [2.05, 4.69) is 196 Å². The summed E-state index contributed by atoms with van der Waals surface area (Å²) in [5.74, 6) is 0. The van der Waals surface area contributed by atoms with Crippen molar-refractivity contribution in [2.75, 3.05) is 13.6 Å². The summed E-state index contributed by atoms with van der Waals surface area (Å²) >= 11 is 0. The Kier molecular flexibility index (Phi) is 10.1. The normalized spacial score (nSPS) is 15.1. The molecule has 0 saturated carbocycles. The van der Waals surface area contributed by atoms with E-state index in [4.69, 9.17) is 5.73 Å². The van der Waals surface area contributed by atoms with E-state index in [1.165, 1.54) is 71.6 Å². The van der Waals surface area contributed by atoms with Crippen molar-refractivity contribution >= 4 is 55.4 Å². The first kappa shape index (κ1) is 36.5. The summed E-state index contributed by atoms with van der Waals surface area (Å²) in [6.45, 7) is 5.45. The van der Waals surface area contributed by atoms with Crippen LogP contribution in [0.4, 0.5) is 0 Å². The maximum Gasteiger partial charge on any atom is 0.102 e. The molecule has 0 saturated heterocycles. The van der Waals surface area contributed by atoms with Gasteiger partial charge in [-0.2, -0.15) is 0 Å². The third-order valence-electron chi connectivity index (χ3n) is 11.5. The standard InChI is InChI=1S/C49H44N6.C2H6/c1-53(32-33-14-4-2-5-15-33)49(52-48(50)36-25-24-34-16-8-9-17-35(34)28-36)43-27-26-38(31-51-43)55-45-23-13-11-21-40(45)42-29-41-39-20-10-12-22-44(39)54(46(41)30-47(42)55)37-18-6-3-7-19-37;1-2/h2-23,26-30,48-49,51-52H,24-25,31-32,50H2,1H3;1-2H3. The number of nitrogens with two attached hydrogens (primary N) is 1. The van der Waals surface area contributed by atoms with Gasteiger partial charge in [0.05, 0.1) is 34.8 Å². The van der Waals surface area contributed by atoms with Crippen molar-refractivity contribution in [3.8, 4) is 5.69 Å². The van der Waals surface area contributed by atoms with E-state index in [0.717, 1.165) is 30.8 Å². The number of nitrogens with one attached hydrogen (secondary N) is 2. The summed E-state index contributed by atoms with van der Waals surface area (Å²) in [5.41, 5.74) is 20.4. The molecule has 2 aliphatic rings. The van der Waals surface area contributed by atoms with Gasteiger partial charge in [-0.15, -0.1) is 0 Å². The van der Waals surface area contributed by atoms with E-state index < -0.39 is 0 Å². The molecule has 8 aromatic rings. The molecular formula is C51H50N6. The van der Waals surface area contributed by atoms with Gasteiger partial charge in [0.15, 0.2) is 0 Å². The van der Waals surface area contributed by atoms with Gasteiger partial charge in [-0.3, -0.25) is 10.2 Å². The highest BCUT2D eigenvalue weighted by Gasteiger charge is 2.27. The maximum absolute atomic E-state index is 7.02. The van der Waals surface area contributed by atoms with Crippen LogP contribution in [-0.2, 0) is 13.0 Å². The topological polar surface area (TPSA) is 63.2 Å². The minimum Gasteiger partial charge on any atom is -0.380 e. The Morgan fingerprint density at radius 2 is 1.26 bits per heavy atom. The fraction of sp³-hybridized carbons (Fsp3) is 0.176. The zero-order chi connectivity index (χ0) is 38.9. The Labute approximate surface area is 335 Å². The molecule has 4 N–H and O–H groups in total. The average Bonchev–Trinajstić information content (AvgIpc) is 3.77. The maximum atomic E-state index is 7.02. The number of likely N-dealkylation sites (N-methyl/N-ethyl adjacent to an activating group) is 1. The van der Waals surface area contributed by atoms with E-state index in [-0.39, 0.29) is 12.3 Å². The Bertz CT molecular complexity index is 2800. The van der Waals surface area contributed by atoms with Crippen molar-refractivity contribution in [1.29, 1.82) is 0 Å². The first-order valence-corrected chi connectivity index (χ1v) is 20.3. The smallest absolute Gasteiger partial charge is 0.102 e. The molecule has 0 bridgehead atoms. The van der Waals surface area contributed by atoms with Crippen LogP contribution in [-0.4, -0.2) is 40.0 Å². The number of aromatic nitrogens is 2. The van der Waals surface area contributed by atoms with Gasteiger partial charge in [-0.05, 0) is 90.7 Å². The number of hydrogen-bond donors (Lipinski definition) is 3. The zero-order valence-electron chi connectivity index (χ0n) is 33.0. The summed E-state index contributed by atoms with van der Waals surface area (Å²) in [6.07, 6.45) is 8.34. The molecular weight excluding hydrogens is 697 g/mol. The Balaban J connectivity index is 0.00000208. The number of dihydropyridines is 1. The molecule has 0 fully saturated rings. The number of hydrogen-bond acceptors (Lipinski definition) is 4. The van der Waals surface area contributed by atoms with Gasteiger partial charge in [0.25, 0.3) is 0 Å². The van der Waals surface area contributed by atoms with Gasteiger partial charge in [0.2, 0.25) is 0 Å². The summed E-state index contributed by atoms with van der Waals surface area (Å²) in [6, 6.07) is 52.4. The molecule has 0 radical (unpaired) electrons. The highest BCUT2D eigenvalue weighted by molar-refractivity contribution is 6.19. The first-order chi connectivity index (χ1) is 28.1. The fourth-order valence-corrected chi connectivity index (χ4v) is 8.83. The second-order valence-electron chi connectivity index (χ2n) is 14.9. The number of fused-ring (bicyclic) bond motifs is 7. The van der Waals surface area contributed by atoms with Gasteiger partial charge in [-0.25, -0.2) is 0 Å². The fourth-order valence-electron chi connectivity index (χ4n) is 8.83. The summed E-state index contributed by atoms with van der Waals surface area (Å²) in [5, 5.41) is 12.7. The van der Waals surface area contributed by atoms with Crippen LogP contribution in [0, 0.1) is 0 Å². The van der Waals surface area contributed by atoms with Gasteiger partial charge in [-0.1, -0.05) is 129 Å². The predicted molar refractivity (Wildman–Crippen MR) is 241 cm³/mol. The molecule has 10 rings (SSSR count). The lowest BCUT2D eigenvalue weighted by atomic mass is 9.91. The van der Waals surface area contributed by atoms with Crippen LogP contribution >= 0.6 is 0 Å². The Hall–Kier alpha value is -6.18. The highest BCUT2D eigenvalue weighted by Crippen LogP contribution is 2.39. The monoisotopic (exact) mass is 746 g/mol. The molecule has 2 unspecified atom stereocenters. The summed E-state index contributed by atoms with van der Waals surface area (Å²) in [7, 11) is 2.17. The number of aryl methyl sites for hydroxylation is 1. The first-order valence-electron chi connectivity index (χ1n) is 20.3. The van der Waals surface area contributed by atoms with E-state index in [0.29, 0.717) is 6.54 Å². The third-order valence-corrected chi connectivity index (χ3v) is 11.5. The quantitative estimate of drug-likeness (QED) is 0.129. The average molecular weight is 747 g/mol. The van der Waals surface area contributed by atoms with E-state index in [9.17, 15) is 0 Å². The number of para-hydroxylation sites is 3. The number of rotatable bonds is 9. The lowest BCUT2D eigenvalue weighted by Crippen LogP contribution is -2.55. The number of nitrogens with zero attached hydrogens (tertiary/aromatic N) is 3. The largest absolute Gasteiger partial charge is 0.380 e. The van der Waals surface area contributed by atoms with Crippen molar-refractivity contribution in [2.24, 2.45) is 5.73 Å². The molecule has 57 heavy (non-hydrogen) atoms. The van der Waals surface area contributed by atoms with Crippen molar-refractivity contribution in [3.05, 3.63) is 186 Å². The van der Waals surface area contributed by atoms with Crippen LogP contribution in [0.25, 0.3) is 61.1 Å². The van der Waals surface area contributed by atoms with Gasteiger partial charge >= 0.3 is 0 Å². The zero-order valence-corrected chi connectivity index (χ0v) is 33.0. The molecule has 6 heteroatoms. The molecule has 284 valence electrons. The molecule has 3 heterocycles.